The maximum Gasteiger partial charge on any atom is 0.184 e. The van der Waals surface area contributed by atoms with E-state index in [-0.39, 0.29) is 22.4 Å². The topological polar surface area (TPSA) is 9.23 Å². The van der Waals surface area contributed by atoms with Crippen molar-refractivity contribution >= 4 is 23.2 Å². The Morgan fingerprint density at radius 1 is 1.06 bits per heavy atom. The maximum absolute atomic E-state index is 13.6. The highest BCUT2D eigenvalue weighted by molar-refractivity contribution is 6.30. The van der Waals surface area contributed by atoms with Gasteiger partial charge in [0.1, 0.15) is 0 Å². The molecule has 0 saturated heterocycles. The molecule has 0 bridgehead atoms. The zero-order valence-electron chi connectivity index (χ0n) is 9.09. The van der Waals surface area contributed by atoms with E-state index in [1.54, 1.807) is 6.07 Å². The molecule has 2 aromatic rings. The quantitative estimate of drug-likeness (QED) is 0.710. The van der Waals surface area contributed by atoms with Gasteiger partial charge in [-0.3, -0.25) is 0 Å². The molecule has 0 aromatic heterocycles. The van der Waals surface area contributed by atoms with E-state index in [0.29, 0.717) is 5.56 Å². The largest absolute Gasteiger partial charge is 0.451 e. The number of hydrogen-bond acceptors (Lipinski definition) is 1. The molecule has 0 unspecified atom stereocenters. The first-order valence-electron chi connectivity index (χ1n) is 5.08. The molecule has 0 heterocycles. The molecule has 1 nitrogen and oxygen atoms in total. The van der Waals surface area contributed by atoms with E-state index in [0.717, 1.165) is 0 Å². The molecule has 0 aliphatic rings. The summed E-state index contributed by atoms with van der Waals surface area (Å²) in [5.41, 5.74) is 0.441. The van der Waals surface area contributed by atoms with E-state index in [1.807, 2.05) is 0 Å². The molecule has 0 fully saturated rings. The van der Waals surface area contributed by atoms with Gasteiger partial charge in [-0.1, -0.05) is 29.8 Å². The molecule has 2 aromatic carbocycles. The third-order valence-electron chi connectivity index (χ3n) is 2.32. The Kier molecular flexibility index (Phi) is 4.04. The summed E-state index contributed by atoms with van der Waals surface area (Å²) in [7, 11) is 0. The summed E-state index contributed by atoms with van der Waals surface area (Å²) in [6, 6.07) is 8.59. The Balaban J connectivity index is 2.43. The molecular formula is C13H8Cl2F2O. The van der Waals surface area contributed by atoms with E-state index >= 15 is 0 Å². The predicted molar refractivity (Wildman–Crippen MR) is 67.4 cm³/mol. The van der Waals surface area contributed by atoms with Crippen molar-refractivity contribution in [2.24, 2.45) is 0 Å². The second kappa shape index (κ2) is 5.55. The van der Waals surface area contributed by atoms with Gasteiger partial charge in [-0.05, 0) is 18.2 Å². The summed E-state index contributed by atoms with van der Waals surface area (Å²) in [4.78, 5) is 0. The number of para-hydroxylation sites is 1. The maximum atomic E-state index is 13.6. The van der Waals surface area contributed by atoms with Gasteiger partial charge in [-0.2, -0.15) is 0 Å². The summed E-state index contributed by atoms with van der Waals surface area (Å²) < 4.78 is 32.5. The first-order valence-corrected chi connectivity index (χ1v) is 6.00. The summed E-state index contributed by atoms with van der Waals surface area (Å²) in [6.45, 7) is 0. The van der Waals surface area contributed by atoms with Crippen LogP contribution in [0.2, 0.25) is 5.02 Å². The molecule has 0 aliphatic carbocycles. The molecule has 18 heavy (non-hydrogen) atoms. The number of halogens is 4. The monoisotopic (exact) mass is 288 g/mol. The van der Waals surface area contributed by atoms with Crippen molar-refractivity contribution < 1.29 is 13.5 Å². The number of rotatable bonds is 3. The molecule has 0 radical (unpaired) electrons. The van der Waals surface area contributed by atoms with Gasteiger partial charge in [0.05, 0.1) is 10.9 Å². The minimum absolute atomic E-state index is 0.0648. The van der Waals surface area contributed by atoms with E-state index in [1.165, 1.54) is 30.3 Å². The fraction of sp³-hybridized carbons (Fsp3) is 0.0769. The first kappa shape index (κ1) is 13.1. The Hall–Kier alpha value is -1.32. The first-order chi connectivity index (χ1) is 8.63. The smallest absolute Gasteiger partial charge is 0.184 e. The molecule has 94 valence electrons. The van der Waals surface area contributed by atoms with E-state index in [9.17, 15) is 8.78 Å². The molecule has 2 rings (SSSR count). The zero-order chi connectivity index (χ0) is 13.1. The molecule has 0 aliphatic heterocycles. The Bertz CT molecular complexity index is 573. The van der Waals surface area contributed by atoms with E-state index < -0.39 is 11.6 Å². The highest BCUT2D eigenvalue weighted by Crippen LogP contribution is 2.33. The van der Waals surface area contributed by atoms with Crippen LogP contribution in [0.1, 0.15) is 5.56 Å². The van der Waals surface area contributed by atoms with Gasteiger partial charge in [-0.15, -0.1) is 11.6 Å². The van der Waals surface area contributed by atoms with Crippen LogP contribution < -0.4 is 4.74 Å². The van der Waals surface area contributed by atoms with Gasteiger partial charge < -0.3 is 4.74 Å². The van der Waals surface area contributed by atoms with Gasteiger partial charge in [0.2, 0.25) is 0 Å². The molecular weight excluding hydrogens is 281 g/mol. The lowest BCUT2D eigenvalue weighted by Gasteiger charge is -2.11. The third kappa shape index (κ3) is 2.57. The molecule has 5 heteroatoms. The van der Waals surface area contributed by atoms with Crippen molar-refractivity contribution in [3.8, 4) is 11.5 Å². The summed E-state index contributed by atoms with van der Waals surface area (Å²) >= 11 is 11.3. The lowest BCUT2D eigenvalue weighted by atomic mass is 10.2. The highest BCUT2D eigenvalue weighted by atomic mass is 35.5. The van der Waals surface area contributed by atoms with Crippen LogP contribution in [0.5, 0.6) is 11.5 Å². The molecule has 0 spiro atoms. The Labute approximate surface area is 113 Å². The second-order valence-electron chi connectivity index (χ2n) is 3.52. The molecule has 0 N–H and O–H groups in total. The normalized spacial score (nSPS) is 10.4. The molecule has 0 saturated carbocycles. The fourth-order valence-corrected chi connectivity index (χ4v) is 1.82. The fourth-order valence-electron chi connectivity index (χ4n) is 1.45. The van der Waals surface area contributed by atoms with Crippen molar-refractivity contribution in [1.29, 1.82) is 0 Å². The van der Waals surface area contributed by atoms with E-state index in [2.05, 4.69) is 0 Å². The van der Waals surface area contributed by atoms with Crippen LogP contribution in [0.3, 0.4) is 0 Å². The second-order valence-corrected chi connectivity index (χ2v) is 4.19. The van der Waals surface area contributed by atoms with Crippen molar-refractivity contribution in [3.05, 3.63) is 58.6 Å². The van der Waals surface area contributed by atoms with Crippen molar-refractivity contribution in [2.75, 3.05) is 0 Å². The standard InChI is InChI=1S/C13H8Cl2F2O/c14-7-8-3-1-5-10(16)13(8)18-11-6-2-4-9(15)12(11)17/h1-6H,7H2. The van der Waals surface area contributed by atoms with Crippen molar-refractivity contribution in [2.45, 2.75) is 5.88 Å². The molecule has 0 atom stereocenters. The summed E-state index contributed by atoms with van der Waals surface area (Å²) in [6.07, 6.45) is 0. The van der Waals surface area contributed by atoms with Gasteiger partial charge >= 0.3 is 0 Å². The predicted octanol–water partition coefficient (Wildman–Crippen LogP) is 5.15. The SMILES string of the molecule is Fc1cccc(CCl)c1Oc1cccc(Cl)c1F. The minimum Gasteiger partial charge on any atom is -0.451 e. The van der Waals surface area contributed by atoms with Crippen LogP contribution in [0.25, 0.3) is 0 Å². The zero-order valence-corrected chi connectivity index (χ0v) is 10.6. The Morgan fingerprint density at radius 3 is 2.50 bits per heavy atom. The van der Waals surface area contributed by atoms with Crippen LogP contribution in [0, 0.1) is 11.6 Å². The summed E-state index contributed by atoms with van der Waals surface area (Å²) in [5.74, 6) is -1.50. The van der Waals surface area contributed by atoms with Crippen LogP contribution >= 0.6 is 23.2 Å². The Morgan fingerprint density at radius 2 is 1.78 bits per heavy atom. The number of ether oxygens (including phenoxy) is 1. The number of hydrogen-bond donors (Lipinski definition) is 0. The lowest BCUT2D eigenvalue weighted by Crippen LogP contribution is -1.95. The minimum atomic E-state index is -0.733. The van der Waals surface area contributed by atoms with Crippen LogP contribution in [-0.2, 0) is 5.88 Å². The lowest BCUT2D eigenvalue weighted by molar-refractivity contribution is 0.411. The van der Waals surface area contributed by atoms with Crippen molar-refractivity contribution in [1.82, 2.24) is 0 Å². The van der Waals surface area contributed by atoms with Crippen LogP contribution in [-0.4, -0.2) is 0 Å². The average molecular weight is 289 g/mol. The average Bonchev–Trinajstić information content (AvgIpc) is 2.37. The number of alkyl halides is 1. The van der Waals surface area contributed by atoms with Crippen LogP contribution in [0.4, 0.5) is 8.78 Å². The van der Waals surface area contributed by atoms with Gasteiger partial charge in [0.25, 0.3) is 0 Å². The van der Waals surface area contributed by atoms with E-state index in [4.69, 9.17) is 27.9 Å². The van der Waals surface area contributed by atoms with Gasteiger partial charge in [-0.25, -0.2) is 8.78 Å². The highest BCUT2D eigenvalue weighted by Gasteiger charge is 2.14. The van der Waals surface area contributed by atoms with Crippen LogP contribution in [0.15, 0.2) is 36.4 Å². The van der Waals surface area contributed by atoms with Gasteiger partial charge in [0, 0.05) is 5.56 Å². The summed E-state index contributed by atoms with van der Waals surface area (Å²) in [5, 5.41) is -0.0868. The number of benzene rings is 2. The van der Waals surface area contributed by atoms with Gasteiger partial charge in [0.15, 0.2) is 23.1 Å². The molecule has 0 amide bonds. The third-order valence-corrected chi connectivity index (χ3v) is 2.90. The van der Waals surface area contributed by atoms with Crippen molar-refractivity contribution in [3.63, 3.8) is 0 Å².